The fraction of sp³-hybridized carbons (Fsp3) is 0.520. The van der Waals surface area contributed by atoms with Gasteiger partial charge in [-0.15, -0.1) is 0 Å². The monoisotopic (exact) mass is 427 g/mol. The quantitative estimate of drug-likeness (QED) is 0.432. The van der Waals surface area contributed by atoms with E-state index in [9.17, 15) is 17.6 Å². The summed E-state index contributed by atoms with van der Waals surface area (Å²) in [6.07, 6.45) is 0.0995. The van der Waals surface area contributed by atoms with Crippen molar-refractivity contribution in [3.63, 3.8) is 0 Å². The zero-order valence-corrected chi connectivity index (χ0v) is 19.5. The highest BCUT2D eigenvalue weighted by atomic mass is 19.1. The second kappa shape index (κ2) is 14.2. The summed E-state index contributed by atoms with van der Waals surface area (Å²) in [5, 5.41) is 3.11. The third-order valence-electron chi connectivity index (χ3n) is 4.71. The van der Waals surface area contributed by atoms with E-state index < -0.39 is 17.8 Å². The minimum atomic E-state index is -0.631. The van der Waals surface area contributed by atoms with E-state index in [1.807, 2.05) is 33.8 Å². The van der Waals surface area contributed by atoms with Crippen molar-refractivity contribution in [3.05, 3.63) is 70.0 Å². The molecule has 0 aromatic heterocycles. The summed E-state index contributed by atoms with van der Waals surface area (Å²) >= 11 is 0. The van der Waals surface area contributed by atoms with Crippen molar-refractivity contribution < 1.29 is 17.6 Å². The van der Waals surface area contributed by atoms with Gasteiger partial charge in [0.2, 0.25) is 0 Å². The maximum absolute atomic E-state index is 12.8. The van der Waals surface area contributed by atoms with Crippen LogP contribution in [-0.4, -0.2) is 18.8 Å². The lowest BCUT2D eigenvalue weighted by atomic mass is 9.96. The van der Waals surface area contributed by atoms with Gasteiger partial charge in [0.05, 0.1) is 0 Å². The van der Waals surface area contributed by atoms with Gasteiger partial charge >= 0.3 is 0 Å². The van der Waals surface area contributed by atoms with Gasteiger partial charge < -0.3 is 5.32 Å². The predicted octanol–water partition coefficient (Wildman–Crippen LogP) is 7.39. The smallest absolute Gasteiger partial charge is 0.129 e. The summed E-state index contributed by atoms with van der Waals surface area (Å²) < 4.78 is 50.5. The average Bonchev–Trinajstić information content (AvgIpc) is 2.69. The molecule has 0 radical (unpaired) electrons. The van der Waals surface area contributed by atoms with Crippen LogP contribution in [0, 0.1) is 51.1 Å². The number of piperidine rings is 1. The summed E-state index contributed by atoms with van der Waals surface area (Å²) in [6.45, 7) is 15.7. The number of aryl methyl sites for hydroxylation is 3. The topological polar surface area (TPSA) is 12.0 Å². The van der Waals surface area contributed by atoms with Crippen LogP contribution in [0.1, 0.15) is 56.4 Å². The summed E-state index contributed by atoms with van der Waals surface area (Å²) in [5.74, 6) is -0.554. The molecule has 0 aliphatic carbocycles. The molecule has 1 fully saturated rings. The SMILES string of the molecule is CC.CC1CNC(C)C(F)C1.Cc1cc(F)c(C)c(F)c1.Cc1ccc(C)c(F)c1. The molecule has 1 aliphatic heterocycles. The zero-order valence-electron chi connectivity index (χ0n) is 19.5. The molecule has 5 heteroatoms. The first kappa shape index (κ1) is 28.1. The van der Waals surface area contributed by atoms with Gasteiger partial charge in [0.15, 0.2) is 0 Å². The molecule has 0 bridgehead atoms. The molecule has 1 saturated heterocycles. The van der Waals surface area contributed by atoms with E-state index in [0.29, 0.717) is 17.0 Å². The van der Waals surface area contributed by atoms with Crippen molar-refractivity contribution in [2.75, 3.05) is 6.54 Å². The Morgan fingerprint density at radius 3 is 1.70 bits per heavy atom. The van der Waals surface area contributed by atoms with Crippen LogP contribution in [0.15, 0.2) is 30.3 Å². The average molecular weight is 428 g/mol. The molecule has 0 spiro atoms. The Labute approximate surface area is 179 Å². The van der Waals surface area contributed by atoms with E-state index in [1.54, 1.807) is 19.9 Å². The van der Waals surface area contributed by atoms with Crippen LogP contribution >= 0.6 is 0 Å². The second-order valence-corrected chi connectivity index (χ2v) is 7.66. The fourth-order valence-corrected chi connectivity index (χ4v) is 2.66. The van der Waals surface area contributed by atoms with Gasteiger partial charge in [-0.2, -0.15) is 0 Å². The first-order valence-corrected chi connectivity index (χ1v) is 10.5. The molecule has 2 aromatic rings. The number of alkyl halides is 1. The number of benzene rings is 2. The Bertz CT molecular complexity index is 738. The van der Waals surface area contributed by atoms with Crippen LogP contribution in [0.2, 0.25) is 0 Å². The van der Waals surface area contributed by atoms with Crippen LogP contribution in [0.5, 0.6) is 0 Å². The van der Waals surface area contributed by atoms with Crippen LogP contribution in [0.4, 0.5) is 17.6 Å². The Kier molecular flexibility index (Phi) is 13.3. The maximum atomic E-state index is 12.8. The van der Waals surface area contributed by atoms with Crippen molar-refractivity contribution in [3.8, 4) is 0 Å². The standard InChI is InChI=1S/C8H8F2.C8H9F.C7H14FN.C2H6/c1-5-3-7(9)6(2)8(10)4-5;1-6-3-4-7(2)8(9)5-6;1-5-3-7(8)6(2)9-4-5;1-2/h3-4H,1-2H3;3-5H,1-2H3;5-7,9H,3-4H2,1-2H3;1-2H3. The predicted molar refractivity (Wildman–Crippen MR) is 119 cm³/mol. The van der Waals surface area contributed by atoms with E-state index in [-0.39, 0.29) is 17.4 Å². The minimum absolute atomic E-state index is 0.0706. The zero-order chi connectivity index (χ0) is 23.4. The van der Waals surface area contributed by atoms with Gasteiger partial charge in [0.1, 0.15) is 23.6 Å². The molecule has 3 rings (SSSR count). The van der Waals surface area contributed by atoms with Gasteiger partial charge in [-0.05, 0) is 88.4 Å². The third kappa shape index (κ3) is 10.2. The summed E-state index contributed by atoms with van der Waals surface area (Å²) in [5.41, 5.74) is 2.38. The number of hydrogen-bond donors (Lipinski definition) is 1. The van der Waals surface area contributed by atoms with Crippen LogP contribution in [0.3, 0.4) is 0 Å². The van der Waals surface area contributed by atoms with Crippen molar-refractivity contribution in [2.45, 2.75) is 74.0 Å². The number of hydrogen-bond acceptors (Lipinski definition) is 1. The van der Waals surface area contributed by atoms with E-state index in [1.165, 1.54) is 25.1 Å². The van der Waals surface area contributed by atoms with Gasteiger partial charge in [-0.25, -0.2) is 17.6 Å². The van der Waals surface area contributed by atoms with Crippen LogP contribution in [-0.2, 0) is 0 Å². The molecular formula is C25H37F4N. The van der Waals surface area contributed by atoms with E-state index in [0.717, 1.165) is 18.5 Å². The molecule has 1 heterocycles. The van der Waals surface area contributed by atoms with Gasteiger partial charge in [-0.1, -0.05) is 32.9 Å². The normalized spacial score (nSPS) is 19.9. The highest BCUT2D eigenvalue weighted by molar-refractivity contribution is 5.24. The molecule has 2 aromatic carbocycles. The Morgan fingerprint density at radius 1 is 0.800 bits per heavy atom. The van der Waals surface area contributed by atoms with Crippen LogP contribution < -0.4 is 5.32 Å². The summed E-state index contributed by atoms with van der Waals surface area (Å²) in [6, 6.07) is 7.93. The summed E-state index contributed by atoms with van der Waals surface area (Å²) in [4.78, 5) is 0. The molecule has 0 amide bonds. The first-order chi connectivity index (χ1) is 14.0. The number of rotatable bonds is 0. The van der Waals surface area contributed by atoms with Crippen molar-refractivity contribution in [1.82, 2.24) is 5.32 Å². The lowest BCUT2D eigenvalue weighted by Crippen LogP contribution is -2.43. The summed E-state index contributed by atoms with van der Waals surface area (Å²) in [7, 11) is 0. The Hall–Kier alpha value is -1.88. The molecular weight excluding hydrogens is 390 g/mol. The minimum Gasteiger partial charge on any atom is -0.311 e. The highest BCUT2D eigenvalue weighted by Crippen LogP contribution is 2.16. The molecule has 3 atom stereocenters. The number of nitrogens with one attached hydrogen (secondary N) is 1. The molecule has 0 saturated carbocycles. The Balaban J connectivity index is 0.000000404. The highest BCUT2D eigenvalue weighted by Gasteiger charge is 2.23. The Morgan fingerprint density at radius 2 is 1.30 bits per heavy atom. The molecule has 170 valence electrons. The second-order valence-electron chi connectivity index (χ2n) is 7.66. The van der Waals surface area contributed by atoms with Crippen molar-refractivity contribution >= 4 is 0 Å². The molecule has 3 unspecified atom stereocenters. The van der Waals surface area contributed by atoms with Crippen molar-refractivity contribution in [2.24, 2.45) is 5.92 Å². The van der Waals surface area contributed by atoms with Crippen molar-refractivity contribution in [1.29, 1.82) is 0 Å². The van der Waals surface area contributed by atoms with E-state index in [4.69, 9.17) is 0 Å². The van der Waals surface area contributed by atoms with Crippen LogP contribution in [0.25, 0.3) is 0 Å². The molecule has 1 nitrogen and oxygen atoms in total. The fourth-order valence-electron chi connectivity index (χ4n) is 2.66. The number of halogens is 4. The van der Waals surface area contributed by atoms with E-state index in [2.05, 4.69) is 12.2 Å². The third-order valence-corrected chi connectivity index (χ3v) is 4.71. The largest absolute Gasteiger partial charge is 0.311 e. The van der Waals surface area contributed by atoms with Gasteiger partial charge in [-0.3, -0.25) is 0 Å². The molecule has 1 aliphatic rings. The van der Waals surface area contributed by atoms with Gasteiger partial charge in [0, 0.05) is 11.6 Å². The molecule has 30 heavy (non-hydrogen) atoms. The first-order valence-electron chi connectivity index (χ1n) is 10.5. The lowest BCUT2D eigenvalue weighted by molar-refractivity contribution is 0.175. The maximum Gasteiger partial charge on any atom is 0.129 e. The molecule has 1 N–H and O–H groups in total. The van der Waals surface area contributed by atoms with Gasteiger partial charge in [0.25, 0.3) is 0 Å². The van der Waals surface area contributed by atoms with E-state index >= 15 is 0 Å². The lowest BCUT2D eigenvalue weighted by Gasteiger charge is -2.28.